The Labute approximate surface area is 111 Å². The van der Waals surface area contributed by atoms with E-state index >= 15 is 0 Å². The molecule has 0 fully saturated rings. The molecular formula is C14H18F3NO. The second kappa shape index (κ2) is 5.13. The first-order valence-electron chi connectivity index (χ1n) is 6.29. The van der Waals surface area contributed by atoms with Crippen LogP contribution >= 0.6 is 0 Å². The Hall–Kier alpha value is -1.07. The zero-order valence-corrected chi connectivity index (χ0v) is 11.3. The molecule has 2 rings (SSSR count). The maximum Gasteiger partial charge on any atom is 0.416 e. The van der Waals surface area contributed by atoms with Crippen LogP contribution in [-0.2, 0) is 17.5 Å². The molecule has 0 bridgehead atoms. The van der Waals surface area contributed by atoms with E-state index < -0.39 is 11.7 Å². The van der Waals surface area contributed by atoms with Crippen LogP contribution in [0.4, 0.5) is 13.2 Å². The van der Waals surface area contributed by atoms with E-state index in [4.69, 9.17) is 4.74 Å². The van der Waals surface area contributed by atoms with Crippen molar-refractivity contribution in [3.05, 3.63) is 34.9 Å². The van der Waals surface area contributed by atoms with Crippen LogP contribution in [0.1, 0.15) is 36.6 Å². The Bertz CT molecular complexity index is 456. The molecule has 1 heterocycles. The molecule has 0 saturated carbocycles. The molecule has 1 atom stereocenters. The standard InChI is InChI=1S/C14H18F3NO/c1-9(2)18-7-10-6-11(14(15,16)17)4-5-12(10)13(8-18)19-3/h4-6,9,13H,7-8H2,1-3H3. The highest BCUT2D eigenvalue weighted by atomic mass is 19.4. The van der Waals surface area contributed by atoms with Crippen molar-refractivity contribution < 1.29 is 17.9 Å². The van der Waals surface area contributed by atoms with Gasteiger partial charge in [-0.15, -0.1) is 0 Å². The summed E-state index contributed by atoms with van der Waals surface area (Å²) in [6.07, 6.45) is -4.45. The lowest BCUT2D eigenvalue weighted by Crippen LogP contribution is -2.39. The van der Waals surface area contributed by atoms with Crippen molar-refractivity contribution in [3.8, 4) is 0 Å². The Kier molecular flexibility index (Phi) is 3.87. The van der Waals surface area contributed by atoms with Crippen LogP contribution in [0.5, 0.6) is 0 Å². The smallest absolute Gasteiger partial charge is 0.375 e. The van der Waals surface area contributed by atoms with Crippen LogP contribution in [0.2, 0.25) is 0 Å². The van der Waals surface area contributed by atoms with Crippen molar-refractivity contribution >= 4 is 0 Å². The Morgan fingerprint density at radius 3 is 2.53 bits per heavy atom. The SMILES string of the molecule is COC1CN(C(C)C)Cc2cc(C(F)(F)F)ccc21. The number of benzene rings is 1. The van der Waals surface area contributed by atoms with Gasteiger partial charge in [0, 0.05) is 26.2 Å². The monoisotopic (exact) mass is 273 g/mol. The van der Waals surface area contributed by atoms with E-state index in [1.165, 1.54) is 6.07 Å². The third kappa shape index (κ3) is 2.92. The number of methoxy groups -OCH3 is 1. The van der Waals surface area contributed by atoms with Crippen molar-refractivity contribution in [1.29, 1.82) is 0 Å². The zero-order chi connectivity index (χ0) is 14.2. The molecule has 0 spiro atoms. The molecule has 0 aromatic heterocycles. The number of hydrogen-bond donors (Lipinski definition) is 0. The summed E-state index contributed by atoms with van der Waals surface area (Å²) >= 11 is 0. The largest absolute Gasteiger partial charge is 0.416 e. The number of halogens is 3. The molecule has 0 aliphatic carbocycles. The second-order valence-electron chi connectivity index (χ2n) is 5.16. The lowest BCUT2D eigenvalue weighted by molar-refractivity contribution is -0.137. The molecule has 1 aromatic carbocycles. The fourth-order valence-electron chi connectivity index (χ4n) is 2.42. The summed E-state index contributed by atoms with van der Waals surface area (Å²) in [7, 11) is 1.59. The van der Waals surface area contributed by atoms with Gasteiger partial charge in [-0.05, 0) is 37.1 Å². The zero-order valence-electron chi connectivity index (χ0n) is 11.3. The predicted octanol–water partition coefficient (Wildman–Crippen LogP) is 3.62. The van der Waals surface area contributed by atoms with Crippen molar-refractivity contribution in [1.82, 2.24) is 4.90 Å². The summed E-state index contributed by atoms with van der Waals surface area (Å²) in [5, 5.41) is 0. The number of fused-ring (bicyclic) bond motifs is 1. The fraction of sp³-hybridized carbons (Fsp3) is 0.571. The second-order valence-corrected chi connectivity index (χ2v) is 5.16. The van der Waals surface area contributed by atoms with Crippen LogP contribution in [-0.4, -0.2) is 24.6 Å². The van der Waals surface area contributed by atoms with E-state index in [2.05, 4.69) is 4.90 Å². The molecule has 1 aliphatic rings. The third-order valence-corrected chi connectivity index (χ3v) is 3.61. The van der Waals surface area contributed by atoms with E-state index in [1.807, 2.05) is 13.8 Å². The highest BCUT2D eigenvalue weighted by Gasteiger charge is 2.33. The molecule has 0 radical (unpaired) electrons. The minimum atomic E-state index is -4.29. The Balaban J connectivity index is 2.39. The number of hydrogen-bond acceptors (Lipinski definition) is 2. The van der Waals surface area contributed by atoms with E-state index in [1.54, 1.807) is 13.2 Å². The Morgan fingerprint density at radius 1 is 1.32 bits per heavy atom. The summed E-state index contributed by atoms with van der Waals surface area (Å²) in [6, 6.07) is 4.20. The molecule has 0 N–H and O–H groups in total. The number of alkyl halides is 3. The molecule has 0 amide bonds. The summed E-state index contributed by atoms with van der Waals surface area (Å²) in [5.41, 5.74) is 0.987. The van der Waals surface area contributed by atoms with Crippen LogP contribution in [0.25, 0.3) is 0 Å². The van der Waals surface area contributed by atoms with Gasteiger partial charge in [-0.3, -0.25) is 4.90 Å². The first-order chi connectivity index (χ1) is 8.82. The minimum Gasteiger partial charge on any atom is -0.375 e. The Morgan fingerprint density at radius 2 is 2.00 bits per heavy atom. The molecule has 1 aromatic rings. The average molecular weight is 273 g/mol. The van der Waals surface area contributed by atoms with E-state index in [9.17, 15) is 13.2 Å². The highest BCUT2D eigenvalue weighted by molar-refractivity contribution is 5.36. The van der Waals surface area contributed by atoms with Gasteiger partial charge < -0.3 is 4.74 Å². The molecule has 0 saturated heterocycles. The first kappa shape index (κ1) is 14.3. The molecular weight excluding hydrogens is 255 g/mol. The van der Waals surface area contributed by atoms with E-state index in [0.29, 0.717) is 18.7 Å². The van der Waals surface area contributed by atoms with Crippen molar-refractivity contribution in [2.45, 2.75) is 38.7 Å². The highest BCUT2D eigenvalue weighted by Crippen LogP contribution is 2.35. The number of ether oxygens (including phenoxy) is 1. The maximum absolute atomic E-state index is 12.7. The van der Waals surface area contributed by atoms with Gasteiger partial charge in [0.25, 0.3) is 0 Å². The summed E-state index contributed by atoms with van der Waals surface area (Å²) in [6.45, 7) is 5.32. The normalized spacial score (nSPS) is 20.7. The van der Waals surface area contributed by atoms with Crippen LogP contribution in [0.3, 0.4) is 0 Å². The number of nitrogens with zero attached hydrogens (tertiary/aromatic N) is 1. The molecule has 106 valence electrons. The topological polar surface area (TPSA) is 12.5 Å². The fourth-order valence-corrected chi connectivity index (χ4v) is 2.42. The van der Waals surface area contributed by atoms with Gasteiger partial charge in [0.05, 0.1) is 11.7 Å². The summed E-state index contributed by atoms with van der Waals surface area (Å²) in [5.74, 6) is 0. The van der Waals surface area contributed by atoms with Crippen LogP contribution in [0.15, 0.2) is 18.2 Å². The van der Waals surface area contributed by atoms with Crippen molar-refractivity contribution in [3.63, 3.8) is 0 Å². The van der Waals surface area contributed by atoms with Gasteiger partial charge >= 0.3 is 6.18 Å². The van der Waals surface area contributed by atoms with Gasteiger partial charge in [0.15, 0.2) is 0 Å². The van der Waals surface area contributed by atoms with Crippen LogP contribution < -0.4 is 0 Å². The molecule has 19 heavy (non-hydrogen) atoms. The molecule has 1 unspecified atom stereocenters. The minimum absolute atomic E-state index is 0.159. The van der Waals surface area contributed by atoms with E-state index in [0.717, 1.165) is 11.6 Å². The lowest BCUT2D eigenvalue weighted by atomic mass is 9.94. The molecule has 2 nitrogen and oxygen atoms in total. The van der Waals surface area contributed by atoms with Crippen molar-refractivity contribution in [2.24, 2.45) is 0 Å². The molecule has 5 heteroatoms. The third-order valence-electron chi connectivity index (χ3n) is 3.61. The quantitative estimate of drug-likeness (QED) is 0.816. The van der Waals surface area contributed by atoms with Gasteiger partial charge in [-0.1, -0.05) is 6.07 Å². The van der Waals surface area contributed by atoms with Crippen molar-refractivity contribution in [2.75, 3.05) is 13.7 Å². The lowest BCUT2D eigenvalue weighted by Gasteiger charge is -2.36. The number of rotatable bonds is 2. The van der Waals surface area contributed by atoms with Crippen LogP contribution in [0, 0.1) is 0 Å². The van der Waals surface area contributed by atoms with Gasteiger partial charge in [0.2, 0.25) is 0 Å². The van der Waals surface area contributed by atoms with Gasteiger partial charge in [-0.2, -0.15) is 13.2 Å². The maximum atomic E-state index is 12.7. The predicted molar refractivity (Wildman–Crippen MR) is 66.7 cm³/mol. The summed E-state index contributed by atoms with van der Waals surface area (Å²) in [4.78, 5) is 2.12. The summed E-state index contributed by atoms with van der Waals surface area (Å²) < 4.78 is 43.6. The first-order valence-corrected chi connectivity index (χ1v) is 6.29. The van der Waals surface area contributed by atoms with Gasteiger partial charge in [0.1, 0.15) is 0 Å². The van der Waals surface area contributed by atoms with Gasteiger partial charge in [-0.25, -0.2) is 0 Å². The molecule has 1 aliphatic heterocycles. The average Bonchev–Trinajstić information content (AvgIpc) is 2.35. The van der Waals surface area contributed by atoms with E-state index in [-0.39, 0.29) is 12.1 Å².